The summed E-state index contributed by atoms with van der Waals surface area (Å²) in [6, 6.07) is 0. The predicted octanol–water partition coefficient (Wildman–Crippen LogP) is -0.689. The molecule has 1 heterocycles. The number of carbonyl (C=O) groups excluding carboxylic acids is 1. The van der Waals surface area contributed by atoms with Gasteiger partial charge in [-0.2, -0.15) is 0 Å². The zero-order valence-electron chi connectivity index (χ0n) is 7.67. The van der Waals surface area contributed by atoms with Crippen LogP contribution in [0.1, 0.15) is 0 Å². The van der Waals surface area contributed by atoms with Gasteiger partial charge in [0.2, 0.25) is 0 Å². The maximum absolute atomic E-state index is 11.2. The number of esters is 1. The van der Waals surface area contributed by atoms with Crippen LogP contribution in [0.25, 0.3) is 0 Å². The first-order valence-electron chi connectivity index (χ1n) is 4.21. The predicted molar refractivity (Wildman–Crippen MR) is 45.9 cm³/mol. The minimum Gasteiger partial charge on any atom is -0.469 e. The van der Waals surface area contributed by atoms with Gasteiger partial charge in [-0.05, 0) is 7.05 Å². The Hall–Kier alpha value is -0.610. The summed E-state index contributed by atoms with van der Waals surface area (Å²) < 4.78 is 4.69. The molecular weight excluding hydrogens is 156 g/mol. The van der Waals surface area contributed by atoms with Crippen LogP contribution in [0.15, 0.2) is 0 Å². The Morgan fingerprint density at radius 2 is 2.42 bits per heavy atom. The summed E-state index contributed by atoms with van der Waals surface area (Å²) in [5.74, 6) is -0.126. The van der Waals surface area contributed by atoms with E-state index >= 15 is 0 Å². The molecule has 4 nitrogen and oxygen atoms in total. The van der Waals surface area contributed by atoms with Crippen LogP contribution >= 0.6 is 0 Å². The van der Waals surface area contributed by atoms with Crippen molar-refractivity contribution in [2.75, 3.05) is 40.3 Å². The van der Waals surface area contributed by atoms with Gasteiger partial charge in [0, 0.05) is 26.2 Å². The monoisotopic (exact) mass is 172 g/mol. The van der Waals surface area contributed by atoms with Crippen LogP contribution < -0.4 is 5.32 Å². The van der Waals surface area contributed by atoms with Crippen LogP contribution in [0, 0.1) is 5.92 Å². The Bertz CT molecular complexity index is 161. The molecule has 1 saturated heterocycles. The van der Waals surface area contributed by atoms with Crippen molar-refractivity contribution in [3.8, 4) is 0 Å². The quantitative estimate of drug-likeness (QED) is 0.532. The molecule has 0 aromatic heterocycles. The fourth-order valence-corrected chi connectivity index (χ4v) is 1.40. The van der Waals surface area contributed by atoms with E-state index in [1.54, 1.807) is 0 Å². The van der Waals surface area contributed by atoms with Gasteiger partial charge in [-0.15, -0.1) is 0 Å². The third-order valence-corrected chi connectivity index (χ3v) is 2.13. The molecule has 0 saturated carbocycles. The number of carbonyl (C=O) groups is 1. The van der Waals surface area contributed by atoms with Crippen molar-refractivity contribution in [3.05, 3.63) is 0 Å². The maximum atomic E-state index is 11.2. The molecule has 0 spiro atoms. The number of ether oxygens (including phenoxy) is 1. The Balaban J connectivity index is 2.46. The molecule has 0 unspecified atom stereocenters. The highest BCUT2D eigenvalue weighted by atomic mass is 16.5. The van der Waals surface area contributed by atoms with Gasteiger partial charge >= 0.3 is 5.97 Å². The SMILES string of the molecule is COC(=O)[C@@H]1CNCCN(C)C1. The van der Waals surface area contributed by atoms with Gasteiger partial charge in [0.25, 0.3) is 0 Å². The third kappa shape index (κ3) is 2.46. The minimum atomic E-state index is -0.115. The second kappa shape index (κ2) is 4.42. The van der Waals surface area contributed by atoms with Crippen LogP contribution in [0.2, 0.25) is 0 Å². The van der Waals surface area contributed by atoms with Crippen molar-refractivity contribution in [1.82, 2.24) is 10.2 Å². The van der Waals surface area contributed by atoms with Crippen molar-refractivity contribution < 1.29 is 9.53 Å². The molecule has 1 N–H and O–H groups in total. The average molecular weight is 172 g/mol. The molecular formula is C8H16N2O2. The fraction of sp³-hybridized carbons (Fsp3) is 0.875. The number of likely N-dealkylation sites (N-methyl/N-ethyl adjacent to an activating group) is 1. The molecule has 1 aliphatic rings. The summed E-state index contributed by atoms with van der Waals surface area (Å²) in [6.07, 6.45) is 0. The Kier molecular flexibility index (Phi) is 3.49. The number of methoxy groups -OCH3 is 1. The molecule has 1 rings (SSSR count). The van der Waals surface area contributed by atoms with Gasteiger partial charge < -0.3 is 15.0 Å². The molecule has 0 radical (unpaired) electrons. The van der Waals surface area contributed by atoms with Crippen molar-refractivity contribution in [2.24, 2.45) is 5.92 Å². The van der Waals surface area contributed by atoms with Crippen LogP contribution in [0.3, 0.4) is 0 Å². The third-order valence-electron chi connectivity index (χ3n) is 2.13. The lowest BCUT2D eigenvalue weighted by Gasteiger charge is -2.16. The lowest BCUT2D eigenvalue weighted by Crippen LogP contribution is -2.32. The molecule has 1 fully saturated rings. The van der Waals surface area contributed by atoms with E-state index in [0.717, 1.165) is 26.2 Å². The number of hydrogen-bond acceptors (Lipinski definition) is 4. The highest BCUT2D eigenvalue weighted by molar-refractivity contribution is 5.72. The molecule has 4 heteroatoms. The lowest BCUT2D eigenvalue weighted by molar-refractivity contribution is -0.145. The molecule has 1 aliphatic heterocycles. The summed E-state index contributed by atoms with van der Waals surface area (Å²) in [6.45, 7) is 3.47. The fourth-order valence-electron chi connectivity index (χ4n) is 1.40. The second-order valence-electron chi connectivity index (χ2n) is 3.19. The van der Waals surface area contributed by atoms with Gasteiger partial charge in [-0.25, -0.2) is 0 Å². The maximum Gasteiger partial charge on any atom is 0.311 e. The Morgan fingerprint density at radius 1 is 1.67 bits per heavy atom. The number of hydrogen-bond donors (Lipinski definition) is 1. The average Bonchev–Trinajstić information content (AvgIpc) is 2.28. The molecule has 1 atom stereocenters. The summed E-state index contributed by atoms with van der Waals surface area (Å²) >= 11 is 0. The molecule has 0 bridgehead atoms. The largest absolute Gasteiger partial charge is 0.469 e. The topological polar surface area (TPSA) is 41.6 Å². The Morgan fingerprint density at radius 3 is 3.08 bits per heavy atom. The summed E-state index contributed by atoms with van der Waals surface area (Å²) in [5, 5.41) is 3.20. The van der Waals surface area contributed by atoms with Crippen molar-refractivity contribution in [2.45, 2.75) is 0 Å². The van der Waals surface area contributed by atoms with Gasteiger partial charge in [0.1, 0.15) is 0 Å². The summed E-state index contributed by atoms with van der Waals surface area (Å²) in [4.78, 5) is 13.3. The molecule has 0 aromatic carbocycles. The van der Waals surface area contributed by atoms with E-state index < -0.39 is 0 Å². The van der Waals surface area contributed by atoms with E-state index in [1.807, 2.05) is 7.05 Å². The smallest absolute Gasteiger partial charge is 0.311 e. The van der Waals surface area contributed by atoms with E-state index in [2.05, 4.69) is 15.0 Å². The summed E-state index contributed by atoms with van der Waals surface area (Å²) in [7, 11) is 3.45. The van der Waals surface area contributed by atoms with E-state index in [9.17, 15) is 4.79 Å². The zero-order valence-corrected chi connectivity index (χ0v) is 7.67. The number of nitrogens with zero attached hydrogens (tertiary/aromatic N) is 1. The minimum absolute atomic E-state index is 0.0116. The highest BCUT2D eigenvalue weighted by Gasteiger charge is 2.22. The Labute approximate surface area is 72.9 Å². The first-order valence-corrected chi connectivity index (χ1v) is 4.21. The van der Waals surface area contributed by atoms with E-state index in [1.165, 1.54) is 7.11 Å². The second-order valence-corrected chi connectivity index (χ2v) is 3.19. The van der Waals surface area contributed by atoms with Crippen LogP contribution in [-0.2, 0) is 9.53 Å². The molecule has 0 amide bonds. The van der Waals surface area contributed by atoms with Crippen LogP contribution in [-0.4, -0.2) is 51.2 Å². The standard InChI is InChI=1S/C8H16N2O2/c1-10-4-3-9-5-7(6-10)8(11)12-2/h7,9H,3-6H2,1-2H3/t7-/m1/s1. The van der Waals surface area contributed by atoms with Crippen LogP contribution in [0.4, 0.5) is 0 Å². The van der Waals surface area contributed by atoms with Crippen molar-refractivity contribution in [1.29, 1.82) is 0 Å². The van der Waals surface area contributed by atoms with E-state index in [-0.39, 0.29) is 11.9 Å². The normalized spacial score (nSPS) is 26.3. The lowest BCUT2D eigenvalue weighted by atomic mass is 10.1. The molecule has 12 heavy (non-hydrogen) atoms. The summed E-state index contributed by atoms with van der Waals surface area (Å²) in [5.41, 5.74) is 0. The first-order chi connectivity index (χ1) is 5.74. The zero-order chi connectivity index (χ0) is 8.97. The molecule has 70 valence electrons. The van der Waals surface area contributed by atoms with Gasteiger partial charge in [0.15, 0.2) is 0 Å². The number of nitrogens with one attached hydrogen (secondary N) is 1. The molecule has 0 aliphatic carbocycles. The van der Waals surface area contributed by atoms with E-state index in [0.29, 0.717) is 0 Å². The highest BCUT2D eigenvalue weighted by Crippen LogP contribution is 2.03. The van der Waals surface area contributed by atoms with Crippen molar-refractivity contribution in [3.63, 3.8) is 0 Å². The van der Waals surface area contributed by atoms with Gasteiger partial charge in [0.05, 0.1) is 13.0 Å². The van der Waals surface area contributed by atoms with E-state index in [4.69, 9.17) is 0 Å². The van der Waals surface area contributed by atoms with Crippen LogP contribution in [0.5, 0.6) is 0 Å². The van der Waals surface area contributed by atoms with Gasteiger partial charge in [-0.3, -0.25) is 4.79 Å². The van der Waals surface area contributed by atoms with Gasteiger partial charge in [-0.1, -0.05) is 0 Å². The molecule has 0 aromatic rings. The number of rotatable bonds is 1. The first kappa shape index (κ1) is 9.48. The van der Waals surface area contributed by atoms with Crippen molar-refractivity contribution >= 4 is 5.97 Å².